The van der Waals surface area contributed by atoms with Gasteiger partial charge in [0.25, 0.3) is 0 Å². The van der Waals surface area contributed by atoms with Crippen LogP contribution in [0.5, 0.6) is 0 Å². The molecule has 3 heteroatoms. The molecule has 0 N–H and O–H groups in total. The number of alkyl halides is 1. The summed E-state index contributed by atoms with van der Waals surface area (Å²) in [6, 6.07) is 0. The zero-order valence-corrected chi connectivity index (χ0v) is 8.51. The molecule has 0 bridgehead atoms. The fourth-order valence-electron chi connectivity index (χ4n) is 1.17. The first-order valence-electron chi connectivity index (χ1n) is 4.96. The average molecular weight is 190 g/mol. The highest BCUT2D eigenvalue weighted by Gasteiger charge is 2.07. The van der Waals surface area contributed by atoms with Crippen LogP contribution in [0.2, 0.25) is 0 Å². The molecule has 0 aromatic heterocycles. The molecule has 0 aliphatic rings. The van der Waals surface area contributed by atoms with Crippen molar-refractivity contribution in [3.63, 3.8) is 0 Å². The van der Waals surface area contributed by atoms with Crippen molar-refractivity contribution in [2.75, 3.05) is 6.67 Å². The highest BCUT2D eigenvalue weighted by Crippen LogP contribution is 2.07. The lowest BCUT2D eigenvalue weighted by molar-refractivity contribution is -0.149. The van der Waals surface area contributed by atoms with Crippen LogP contribution in [0.4, 0.5) is 4.39 Å². The molecule has 2 nitrogen and oxygen atoms in total. The van der Waals surface area contributed by atoms with E-state index in [0.29, 0.717) is 0 Å². The summed E-state index contributed by atoms with van der Waals surface area (Å²) >= 11 is 0. The Labute approximate surface area is 79.5 Å². The number of unbranched alkanes of at least 4 members (excludes halogenated alkanes) is 3. The highest BCUT2D eigenvalue weighted by atomic mass is 19.1. The molecule has 1 atom stereocenters. The van der Waals surface area contributed by atoms with Crippen molar-refractivity contribution in [3.8, 4) is 0 Å². The van der Waals surface area contributed by atoms with E-state index in [2.05, 4.69) is 6.92 Å². The van der Waals surface area contributed by atoms with Gasteiger partial charge in [-0.15, -0.1) is 0 Å². The molecule has 0 aromatic carbocycles. The van der Waals surface area contributed by atoms with Crippen molar-refractivity contribution in [1.29, 1.82) is 0 Å². The maximum Gasteiger partial charge on any atom is 0.337 e. The Morgan fingerprint density at radius 1 is 1.38 bits per heavy atom. The van der Waals surface area contributed by atoms with E-state index < -0.39 is 12.6 Å². The van der Waals surface area contributed by atoms with Crippen LogP contribution in [0, 0.1) is 0 Å². The van der Waals surface area contributed by atoms with Gasteiger partial charge in [0.1, 0.15) is 0 Å². The average Bonchev–Trinajstić information content (AvgIpc) is 2.12. The van der Waals surface area contributed by atoms with E-state index in [1.807, 2.05) is 0 Å². The van der Waals surface area contributed by atoms with E-state index in [4.69, 9.17) is 4.74 Å². The van der Waals surface area contributed by atoms with Gasteiger partial charge in [0.15, 0.2) is 6.67 Å². The third-order valence-corrected chi connectivity index (χ3v) is 1.91. The van der Waals surface area contributed by atoms with Gasteiger partial charge in [-0.2, -0.15) is 0 Å². The molecule has 1 unspecified atom stereocenters. The first-order valence-corrected chi connectivity index (χ1v) is 4.96. The Morgan fingerprint density at radius 3 is 2.62 bits per heavy atom. The molecule has 0 radical (unpaired) electrons. The van der Waals surface area contributed by atoms with Crippen molar-refractivity contribution < 1.29 is 13.9 Å². The molecular formula is C10H19FO2. The summed E-state index contributed by atoms with van der Waals surface area (Å²) in [4.78, 5) is 10.5. The summed E-state index contributed by atoms with van der Waals surface area (Å²) in [6.07, 6.45) is 5.32. The van der Waals surface area contributed by atoms with E-state index in [9.17, 15) is 9.18 Å². The van der Waals surface area contributed by atoms with Crippen molar-refractivity contribution in [3.05, 3.63) is 0 Å². The third kappa shape index (κ3) is 7.75. The summed E-state index contributed by atoms with van der Waals surface area (Å²) in [5, 5.41) is 0. The van der Waals surface area contributed by atoms with Crippen LogP contribution in [0.1, 0.15) is 46.0 Å². The third-order valence-electron chi connectivity index (χ3n) is 1.91. The minimum absolute atomic E-state index is 0.139. The van der Waals surface area contributed by atoms with Crippen molar-refractivity contribution in [1.82, 2.24) is 0 Å². The second-order valence-corrected chi connectivity index (χ2v) is 3.28. The molecule has 0 aliphatic heterocycles. The van der Waals surface area contributed by atoms with E-state index >= 15 is 0 Å². The van der Waals surface area contributed by atoms with Crippen LogP contribution < -0.4 is 0 Å². The highest BCUT2D eigenvalue weighted by molar-refractivity contribution is 5.70. The molecule has 13 heavy (non-hydrogen) atoms. The summed E-state index contributed by atoms with van der Waals surface area (Å²) in [5.74, 6) is -0.747. The molecule has 0 aliphatic carbocycles. The summed E-state index contributed by atoms with van der Waals surface area (Å²) in [7, 11) is 0. The Bertz CT molecular complexity index is 137. The van der Waals surface area contributed by atoms with Crippen LogP contribution in [-0.2, 0) is 9.53 Å². The molecule has 0 amide bonds. The van der Waals surface area contributed by atoms with Gasteiger partial charge in [0.05, 0.1) is 6.10 Å². The van der Waals surface area contributed by atoms with E-state index in [1.165, 1.54) is 12.8 Å². The van der Waals surface area contributed by atoms with E-state index in [0.717, 1.165) is 19.3 Å². The number of carbonyl (C=O) groups is 1. The van der Waals surface area contributed by atoms with Gasteiger partial charge < -0.3 is 4.74 Å². The lowest BCUT2D eigenvalue weighted by atomic mass is 10.1. The fourth-order valence-corrected chi connectivity index (χ4v) is 1.17. The maximum absolute atomic E-state index is 11.7. The van der Waals surface area contributed by atoms with Crippen LogP contribution in [0.25, 0.3) is 0 Å². The molecule has 78 valence electrons. The Hall–Kier alpha value is -0.600. The van der Waals surface area contributed by atoms with Gasteiger partial charge in [-0.05, 0) is 19.8 Å². The summed E-state index contributed by atoms with van der Waals surface area (Å²) < 4.78 is 16.5. The van der Waals surface area contributed by atoms with Gasteiger partial charge in [-0.3, -0.25) is 0 Å². The number of rotatable bonds is 7. The van der Waals surface area contributed by atoms with Gasteiger partial charge >= 0.3 is 5.97 Å². The topological polar surface area (TPSA) is 26.3 Å². The molecule has 0 spiro atoms. The second-order valence-electron chi connectivity index (χ2n) is 3.28. The zero-order chi connectivity index (χ0) is 10.1. The summed E-state index contributed by atoms with van der Waals surface area (Å²) in [6.45, 7) is 2.94. The van der Waals surface area contributed by atoms with Crippen LogP contribution in [0.15, 0.2) is 0 Å². The van der Waals surface area contributed by atoms with E-state index in [1.54, 1.807) is 6.92 Å². The predicted molar refractivity (Wildman–Crippen MR) is 50.3 cm³/mol. The first-order chi connectivity index (χ1) is 6.20. The quantitative estimate of drug-likeness (QED) is 0.456. The van der Waals surface area contributed by atoms with Crippen molar-refractivity contribution >= 4 is 5.97 Å². The lowest BCUT2D eigenvalue weighted by Gasteiger charge is -2.11. The maximum atomic E-state index is 11.7. The molecule has 0 saturated carbocycles. The molecule has 0 fully saturated rings. The van der Waals surface area contributed by atoms with Gasteiger partial charge in [-0.1, -0.05) is 26.2 Å². The molecule has 0 saturated heterocycles. The summed E-state index contributed by atoms with van der Waals surface area (Å²) in [5.41, 5.74) is 0. The van der Waals surface area contributed by atoms with Crippen molar-refractivity contribution in [2.24, 2.45) is 0 Å². The van der Waals surface area contributed by atoms with Crippen molar-refractivity contribution in [2.45, 2.75) is 52.1 Å². The zero-order valence-electron chi connectivity index (χ0n) is 8.51. The molecular weight excluding hydrogens is 171 g/mol. The normalized spacial score (nSPS) is 12.5. The van der Waals surface area contributed by atoms with Gasteiger partial charge in [-0.25, -0.2) is 9.18 Å². The Kier molecular flexibility index (Phi) is 7.65. The minimum atomic E-state index is -1.01. The lowest BCUT2D eigenvalue weighted by Crippen LogP contribution is -2.15. The largest absolute Gasteiger partial charge is 0.461 e. The number of halogens is 1. The number of ether oxygens (including phenoxy) is 1. The van der Waals surface area contributed by atoms with Crippen LogP contribution in [-0.4, -0.2) is 18.7 Å². The van der Waals surface area contributed by atoms with Gasteiger partial charge in [0, 0.05) is 0 Å². The number of hydrogen-bond donors (Lipinski definition) is 0. The first kappa shape index (κ1) is 12.4. The SMILES string of the molecule is CCCCCCC(C)OC(=O)CF. The van der Waals surface area contributed by atoms with Crippen LogP contribution in [0.3, 0.4) is 0 Å². The monoisotopic (exact) mass is 190 g/mol. The predicted octanol–water partition coefficient (Wildman–Crippen LogP) is 2.86. The standard InChI is InChI=1S/C10H19FO2/c1-3-4-5-6-7-9(2)13-10(12)8-11/h9H,3-8H2,1-2H3. The molecule has 0 heterocycles. The number of hydrogen-bond acceptors (Lipinski definition) is 2. The number of carbonyl (C=O) groups excluding carboxylic acids is 1. The molecule has 0 rings (SSSR count). The van der Waals surface area contributed by atoms with Crippen LogP contribution >= 0.6 is 0 Å². The Morgan fingerprint density at radius 2 is 2.08 bits per heavy atom. The van der Waals surface area contributed by atoms with E-state index in [-0.39, 0.29) is 6.10 Å². The second kappa shape index (κ2) is 8.02. The van der Waals surface area contributed by atoms with Gasteiger partial charge in [0.2, 0.25) is 0 Å². The Balaban J connectivity index is 3.29. The molecule has 0 aromatic rings. The fraction of sp³-hybridized carbons (Fsp3) is 0.900. The smallest absolute Gasteiger partial charge is 0.337 e. The number of esters is 1. The minimum Gasteiger partial charge on any atom is -0.461 e.